The Kier molecular flexibility index (Phi) is 7.34. The summed E-state index contributed by atoms with van der Waals surface area (Å²) < 4.78 is 5.74. The normalized spacial score (nSPS) is 16.4. The molecule has 0 saturated carbocycles. The molecule has 1 aromatic rings. The average Bonchev–Trinajstić information content (AvgIpc) is 2.57. The van der Waals surface area contributed by atoms with Crippen LogP contribution >= 0.6 is 11.6 Å². The summed E-state index contributed by atoms with van der Waals surface area (Å²) in [5.41, 5.74) is 0. The highest BCUT2D eigenvalue weighted by Crippen LogP contribution is 2.15. The van der Waals surface area contributed by atoms with Crippen molar-refractivity contribution in [1.82, 2.24) is 14.7 Å². The van der Waals surface area contributed by atoms with E-state index in [1.807, 2.05) is 50.1 Å². The number of halogens is 1. The molecule has 134 valence electrons. The van der Waals surface area contributed by atoms with Gasteiger partial charge in [-0.05, 0) is 38.1 Å². The number of ether oxygens (including phenoxy) is 1. The van der Waals surface area contributed by atoms with Crippen molar-refractivity contribution >= 4 is 17.5 Å². The second kappa shape index (κ2) is 9.25. The van der Waals surface area contributed by atoms with Crippen molar-refractivity contribution in [3.8, 4) is 5.75 Å². The minimum Gasteiger partial charge on any atom is -0.492 e. The van der Waals surface area contributed by atoms with Crippen LogP contribution in [0.1, 0.15) is 13.8 Å². The van der Waals surface area contributed by atoms with Crippen LogP contribution in [0.4, 0.5) is 0 Å². The first-order valence-corrected chi connectivity index (χ1v) is 8.92. The Labute approximate surface area is 150 Å². The lowest BCUT2D eigenvalue weighted by Crippen LogP contribution is -2.50. The summed E-state index contributed by atoms with van der Waals surface area (Å²) in [4.78, 5) is 18.6. The Morgan fingerprint density at radius 3 is 2.33 bits per heavy atom. The number of carbonyl (C=O) groups is 1. The molecule has 1 amide bonds. The molecule has 1 aromatic carbocycles. The molecule has 24 heavy (non-hydrogen) atoms. The van der Waals surface area contributed by atoms with E-state index >= 15 is 0 Å². The van der Waals surface area contributed by atoms with Crippen LogP contribution in [0.15, 0.2) is 24.3 Å². The molecule has 2 rings (SSSR count). The van der Waals surface area contributed by atoms with E-state index in [9.17, 15) is 4.79 Å². The lowest BCUT2D eigenvalue weighted by Gasteiger charge is -2.35. The topological polar surface area (TPSA) is 36.0 Å². The minimum absolute atomic E-state index is 0.199. The SMILES string of the molecule is CC(C)N(C)C(=O)CN1CCN(CCOc2ccc(Cl)cc2)CC1. The number of hydrogen-bond donors (Lipinski definition) is 0. The molecule has 0 radical (unpaired) electrons. The highest BCUT2D eigenvalue weighted by Gasteiger charge is 2.21. The third kappa shape index (κ3) is 5.96. The Balaban J connectivity index is 1.64. The number of likely N-dealkylation sites (N-methyl/N-ethyl adjacent to an activating group) is 1. The number of benzene rings is 1. The smallest absolute Gasteiger partial charge is 0.236 e. The van der Waals surface area contributed by atoms with Gasteiger partial charge in [0.05, 0.1) is 6.54 Å². The minimum atomic E-state index is 0.199. The van der Waals surface area contributed by atoms with Gasteiger partial charge in [0.25, 0.3) is 0 Å². The molecule has 1 fully saturated rings. The van der Waals surface area contributed by atoms with Gasteiger partial charge in [-0.25, -0.2) is 0 Å². The van der Waals surface area contributed by atoms with E-state index < -0.39 is 0 Å². The summed E-state index contributed by atoms with van der Waals surface area (Å²) in [6.07, 6.45) is 0. The fourth-order valence-electron chi connectivity index (χ4n) is 2.59. The van der Waals surface area contributed by atoms with Gasteiger partial charge in [-0.2, -0.15) is 0 Å². The second-order valence-electron chi connectivity index (χ2n) is 6.52. The zero-order valence-corrected chi connectivity index (χ0v) is 15.6. The van der Waals surface area contributed by atoms with E-state index in [2.05, 4.69) is 9.80 Å². The second-order valence-corrected chi connectivity index (χ2v) is 6.95. The number of hydrogen-bond acceptors (Lipinski definition) is 4. The zero-order valence-electron chi connectivity index (χ0n) is 14.9. The molecule has 1 saturated heterocycles. The van der Waals surface area contributed by atoms with Crippen LogP contribution in [0.3, 0.4) is 0 Å². The van der Waals surface area contributed by atoms with E-state index in [0.29, 0.717) is 13.2 Å². The Hall–Kier alpha value is -1.30. The van der Waals surface area contributed by atoms with Crippen molar-refractivity contribution in [1.29, 1.82) is 0 Å². The third-order valence-electron chi connectivity index (χ3n) is 4.48. The highest BCUT2D eigenvalue weighted by atomic mass is 35.5. The van der Waals surface area contributed by atoms with E-state index in [1.54, 1.807) is 0 Å². The largest absolute Gasteiger partial charge is 0.492 e. The van der Waals surface area contributed by atoms with Crippen LogP contribution in [-0.2, 0) is 4.79 Å². The number of piperazine rings is 1. The fraction of sp³-hybridized carbons (Fsp3) is 0.611. The monoisotopic (exact) mass is 353 g/mol. The Morgan fingerprint density at radius 2 is 1.75 bits per heavy atom. The molecule has 5 nitrogen and oxygen atoms in total. The van der Waals surface area contributed by atoms with Crippen LogP contribution < -0.4 is 4.74 Å². The van der Waals surface area contributed by atoms with Gasteiger partial charge in [0.15, 0.2) is 0 Å². The first-order valence-electron chi connectivity index (χ1n) is 8.54. The molecule has 1 aliphatic rings. The third-order valence-corrected chi connectivity index (χ3v) is 4.73. The van der Waals surface area contributed by atoms with Crippen LogP contribution in [0.5, 0.6) is 5.75 Å². The standard InChI is InChI=1S/C18H28ClN3O2/c1-15(2)20(3)18(23)14-22-10-8-21(9-11-22)12-13-24-17-6-4-16(19)5-7-17/h4-7,15H,8-14H2,1-3H3. The van der Waals surface area contributed by atoms with Gasteiger partial charge in [-0.15, -0.1) is 0 Å². The number of carbonyl (C=O) groups excluding carboxylic acids is 1. The maximum absolute atomic E-state index is 12.1. The predicted octanol–water partition coefficient (Wildman–Crippen LogP) is 2.20. The molecule has 0 aromatic heterocycles. The molecule has 0 unspecified atom stereocenters. The van der Waals surface area contributed by atoms with Gasteiger partial charge in [-0.3, -0.25) is 14.6 Å². The van der Waals surface area contributed by atoms with Gasteiger partial charge < -0.3 is 9.64 Å². The van der Waals surface area contributed by atoms with Gasteiger partial charge in [-0.1, -0.05) is 11.6 Å². The number of amides is 1. The summed E-state index contributed by atoms with van der Waals surface area (Å²) in [6, 6.07) is 7.69. The summed E-state index contributed by atoms with van der Waals surface area (Å²) in [5.74, 6) is 1.05. The van der Waals surface area contributed by atoms with Gasteiger partial charge in [0.1, 0.15) is 12.4 Å². The Morgan fingerprint density at radius 1 is 1.17 bits per heavy atom. The maximum atomic E-state index is 12.1. The predicted molar refractivity (Wildman–Crippen MR) is 97.7 cm³/mol. The van der Waals surface area contributed by atoms with Crippen molar-refractivity contribution in [2.24, 2.45) is 0 Å². The van der Waals surface area contributed by atoms with Crippen LogP contribution in [0, 0.1) is 0 Å². The van der Waals surface area contributed by atoms with Gasteiger partial charge in [0, 0.05) is 50.8 Å². The summed E-state index contributed by atoms with van der Waals surface area (Å²) in [5, 5.41) is 0.719. The first kappa shape index (κ1) is 19.0. The average molecular weight is 354 g/mol. The van der Waals surface area contributed by atoms with E-state index in [1.165, 1.54) is 0 Å². The first-order chi connectivity index (χ1) is 11.5. The molecule has 0 spiro atoms. The van der Waals surface area contributed by atoms with Crippen molar-refractivity contribution in [2.45, 2.75) is 19.9 Å². The lowest BCUT2D eigenvalue weighted by atomic mass is 10.3. The molecular weight excluding hydrogens is 326 g/mol. The number of nitrogens with zero attached hydrogens (tertiary/aromatic N) is 3. The summed E-state index contributed by atoms with van der Waals surface area (Å²) >= 11 is 5.86. The highest BCUT2D eigenvalue weighted by molar-refractivity contribution is 6.30. The maximum Gasteiger partial charge on any atom is 0.236 e. The molecule has 1 heterocycles. The van der Waals surface area contributed by atoms with Gasteiger partial charge in [0.2, 0.25) is 5.91 Å². The molecule has 6 heteroatoms. The van der Waals surface area contributed by atoms with Crippen LogP contribution in [0.25, 0.3) is 0 Å². The van der Waals surface area contributed by atoms with E-state index in [4.69, 9.17) is 16.3 Å². The summed E-state index contributed by atoms with van der Waals surface area (Å²) in [6.45, 7) is 9.96. The molecule has 1 aliphatic heterocycles. The van der Waals surface area contributed by atoms with Crippen LogP contribution in [-0.4, -0.2) is 79.6 Å². The van der Waals surface area contributed by atoms with Crippen molar-refractivity contribution in [3.63, 3.8) is 0 Å². The zero-order chi connectivity index (χ0) is 17.5. The number of rotatable bonds is 7. The van der Waals surface area contributed by atoms with Crippen molar-refractivity contribution in [2.75, 3.05) is 52.9 Å². The van der Waals surface area contributed by atoms with E-state index in [0.717, 1.165) is 43.5 Å². The van der Waals surface area contributed by atoms with E-state index in [-0.39, 0.29) is 11.9 Å². The van der Waals surface area contributed by atoms with Crippen molar-refractivity contribution in [3.05, 3.63) is 29.3 Å². The van der Waals surface area contributed by atoms with Crippen LogP contribution in [0.2, 0.25) is 5.02 Å². The fourth-order valence-corrected chi connectivity index (χ4v) is 2.71. The molecule has 0 atom stereocenters. The molecule has 0 N–H and O–H groups in total. The quantitative estimate of drug-likeness (QED) is 0.753. The van der Waals surface area contributed by atoms with Crippen molar-refractivity contribution < 1.29 is 9.53 Å². The lowest BCUT2D eigenvalue weighted by molar-refractivity contribution is -0.133. The Bertz CT molecular complexity index is 514. The molecule has 0 aliphatic carbocycles. The summed E-state index contributed by atoms with van der Waals surface area (Å²) in [7, 11) is 1.87. The molecule has 0 bridgehead atoms. The molecular formula is C18H28ClN3O2. The van der Waals surface area contributed by atoms with Gasteiger partial charge >= 0.3 is 0 Å².